The first-order valence-corrected chi connectivity index (χ1v) is 16.9. The molecule has 0 saturated carbocycles. The molecule has 0 spiro atoms. The van der Waals surface area contributed by atoms with Crippen molar-refractivity contribution in [2.24, 2.45) is 0 Å². The van der Waals surface area contributed by atoms with Crippen LogP contribution in [-0.2, 0) is 11.5 Å². The second kappa shape index (κ2) is 11.1. The fourth-order valence-electron chi connectivity index (χ4n) is 5.14. The first kappa shape index (κ1) is 29.4. The van der Waals surface area contributed by atoms with Crippen molar-refractivity contribution in [2.45, 2.75) is 51.1 Å². The molecule has 39 heavy (non-hydrogen) atoms. The molecule has 1 fully saturated rings. The molecule has 3 heterocycles. The van der Waals surface area contributed by atoms with Crippen LogP contribution < -0.4 is 9.80 Å². The third kappa shape index (κ3) is 5.84. The number of ether oxygens (including phenoxy) is 1. The van der Waals surface area contributed by atoms with Gasteiger partial charge in [0, 0.05) is 53.3 Å². The van der Waals surface area contributed by atoms with E-state index < -0.39 is 32.0 Å². The van der Waals surface area contributed by atoms with E-state index in [9.17, 15) is 14.3 Å². The summed E-state index contributed by atoms with van der Waals surface area (Å²) in [5.41, 5.74) is 0.624. The van der Waals surface area contributed by atoms with Gasteiger partial charge in [-0.15, -0.1) is 0 Å². The van der Waals surface area contributed by atoms with E-state index in [0.29, 0.717) is 18.8 Å². The van der Waals surface area contributed by atoms with E-state index in [1.54, 1.807) is 9.47 Å². The summed E-state index contributed by atoms with van der Waals surface area (Å²) in [6.07, 6.45) is -0.830. The van der Waals surface area contributed by atoms with Crippen molar-refractivity contribution in [1.82, 2.24) is 14.5 Å². The Balaban J connectivity index is 2.02. The molecule has 1 aliphatic heterocycles. The average molecular weight is 586 g/mol. The highest BCUT2D eigenvalue weighted by Crippen LogP contribution is 2.46. The number of aromatic nitrogens is 2. The lowest BCUT2D eigenvalue weighted by Gasteiger charge is -2.30. The van der Waals surface area contributed by atoms with Gasteiger partial charge in [-0.05, 0) is 20.1 Å². The van der Waals surface area contributed by atoms with E-state index in [1.807, 2.05) is 19.0 Å². The predicted octanol–water partition coefficient (Wildman–Crippen LogP) is 6.03. The van der Waals surface area contributed by atoms with Gasteiger partial charge < -0.3 is 19.6 Å². The van der Waals surface area contributed by atoms with Gasteiger partial charge in [0.2, 0.25) is 0 Å². The maximum absolute atomic E-state index is 15.8. The van der Waals surface area contributed by atoms with Crippen LogP contribution in [-0.4, -0.2) is 86.8 Å². The van der Waals surface area contributed by atoms with Gasteiger partial charge in [-0.2, -0.15) is 0 Å². The summed E-state index contributed by atoms with van der Waals surface area (Å²) in [7, 11) is 3.59. The van der Waals surface area contributed by atoms with Gasteiger partial charge in [-0.1, -0.05) is 31.2 Å². The van der Waals surface area contributed by atoms with Gasteiger partial charge >= 0.3 is 6.09 Å². The van der Waals surface area contributed by atoms with Crippen LogP contribution in [0.2, 0.25) is 30.7 Å². The summed E-state index contributed by atoms with van der Waals surface area (Å²) in [5.74, 6) is -2.38. The highest BCUT2D eigenvalue weighted by Gasteiger charge is 2.37. The first-order valence-electron chi connectivity index (χ1n) is 12.8. The molecule has 0 bridgehead atoms. The van der Waals surface area contributed by atoms with Crippen molar-refractivity contribution in [3.05, 3.63) is 28.9 Å². The summed E-state index contributed by atoms with van der Waals surface area (Å²) in [4.78, 5) is 20.9. The molecule has 3 aromatic rings. The number of fused-ring (bicyclic) bond motifs is 3. The number of rotatable bonds is 9. The van der Waals surface area contributed by atoms with Crippen LogP contribution in [0.3, 0.4) is 0 Å². The highest BCUT2D eigenvalue weighted by atomic mass is 35.5. The standard InChI is InChI=1S/C26H35ClF3N5O3Si/c1-32(2)13-16-9-15(28)12-34(16)23-17(27)11-31-25-21(23)20-22(30)18(29)10-19(33(3)26(36)37)24(20)35(25)14-38-7-8-39(4,5)6/h10-11,15-16H,7-9,12-14H2,1-6H3,(H,36,37)/t15-,16-/m0/s1. The Kier molecular flexibility index (Phi) is 8.41. The fourth-order valence-corrected chi connectivity index (χ4v) is 6.15. The molecule has 13 heteroatoms. The fraction of sp³-hybridized carbons (Fsp3) is 0.538. The maximum Gasteiger partial charge on any atom is 0.411 e. The third-order valence-corrected chi connectivity index (χ3v) is 9.01. The molecular weight excluding hydrogens is 551 g/mol. The normalized spacial score (nSPS) is 18.2. The highest BCUT2D eigenvalue weighted by molar-refractivity contribution is 6.76. The Hall–Kier alpha value is -2.54. The van der Waals surface area contributed by atoms with Crippen molar-refractivity contribution in [3.63, 3.8) is 0 Å². The number of benzene rings is 1. The number of amides is 1. The molecule has 4 rings (SSSR count). The van der Waals surface area contributed by atoms with Crippen LogP contribution in [0, 0.1) is 11.6 Å². The van der Waals surface area contributed by atoms with Crippen molar-refractivity contribution in [1.29, 1.82) is 0 Å². The molecule has 0 radical (unpaired) electrons. The van der Waals surface area contributed by atoms with Crippen LogP contribution in [0.1, 0.15) is 6.42 Å². The first-order chi connectivity index (χ1) is 18.2. The van der Waals surface area contributed by atoms with Crippen LogP contribution in [0.25, 0.3) is 21.9 Å². The number of halogens is 4. The summed E-state index contributed by atoms with van der Waals surface area (Å²) >= 11 is 6.67. The number of carboxylic acid groups (broad SMARTS) is 1. The Morgan fingerprint density at radius 2 is 1.95 bits per heavy atom. The van der Waals surface area contributed by atoms with Crippen molar-refractivity contribution < 1.29 is 27.8 Å². The molecule has 2 aromatic heterocycles. The molecule has 0 aliphatic carbocycles. The van der Waals surface area contributed by atoms with Gasteiger partial charge in [0.25, 0.3) is 0 Å². The summed E-state index contributed by atoms with van der Waals surface area (Å²) in [5, 5.41) is 9.92. The molecule has 1 saturated heterocycles. The van der Waals surface area contributed by atoms with Crippen LogP contribution in [0.4, 0.5) is 29.3 Å². The maximum atomic E-state index is 15.8. The molecule has 214 valence electrons. The Bertz CT molecular complexity index is 1400. The minimum atomic E-state index is -1.42. The quantitative estimate of drug-likeness (QED) is 0.244. The molecule has 1 N–H and O–H groups in total. The zero-order chi connectivity index (χ0) is 28.8. The zero-order valence-electron chi connectivity index (χ0n) is 23.1. The minimum Gasteiger partial charge on any atom is -0.465 e. The van der Waals surface area contributed by atoms with Gasteiger partial charge in [0.15, 0.2) is 11.6 Å². The number of hydrogen-bond donors (Lipinski definition) is 1. The SMILES string of the molecule is CN(C)C[C@@H]1C[C@H](F)CN1c1c(Cl)cnc2c1c1c(F)c(F)cc(N(C)C(=O)O)c1n2COCC[Si](C)(C)C. The molecule has 1 aromatic carbocycles. The summed E-state index contributed by atoms with van der Waals surface area (Å²) in [6.45, 7) is 7.54. The number of carbonyl (C=O) groups is 1. The van der Waals surface area contributed by atoms with Crippen molar-refractivity contribution in [2.75, 3.05) is 50.6 Å². The number of nitrogens with zero attached hydrogens (tertiary/aromatic N) is 5. The number of hydrogen-bond acceptors (Lipinski definition) is 5. The Morgan fingerprint density at radius 3 is 2.56 bits per heavy atom. The molecule has 2 atom stereocenters. The van der Waals surface area contributed by atoms with Gasteiger partial charge in [-0.25, -0.2) is 22.9 Å². The monoisotopic (exact) mass is 585 g/mol. The Labute approximate surface area is 231 Å². The second-order valence-corrected chi connectivity index (χ2v) is 17.6. The number of pyridine rings is 1. The topological polar surface area (TPSA) is 74.1 Å². The lowest BCUT2D eigenvalue weighted by atomic mass is 10.1. The lowest BCUT2D eigenvalue weighted by molar-refractivity contribution is 0.0926. The average Bonchev–Trinajstić information content (AvgIpc) is 3.34. The second-order valence-electron chi connectivity index (χ2n) is 11.6. The zero-order valence-corrected chi connectivity index (χ0v) is 24.8. The van der Waals surface area contributed by atoms with Gasteiger partial charge in [-0.3, -0.25) is 9.47 Å². The van der Waals surface area contributed by atoms with E-state index in [0.717, 1.165) is 17.0 Å². The third-order valence-electron chi connectivity index (χ3n) is 7.03. The van der Waals surface area contributed by atoms with E-state index in [1.165, 1.54) is 13.2 Å². The lowest BCUT2D eigenvalue weighted by Crippen LogP contribution is -2.37. The number of anilines is 2. The summed E-state index contributed by atoms with van der Waals surface area (Å²) < 4.78 is 53.1. The van der Waals surface area contributed by atoms with E-state index in [2.05, 4.69) is 24.6 Å². The van der Waals surface area contributed by atoms with Crippen LogP contribution >= 0.6 is 11.6 Å². The van der Waals surface area contributed by atoms with E-state index in [-0.39, 0.29) is 58.4 Å². The molecule has 0 unspecified atom stereocenters. The largest absolute Gasteiger partial charge is 0.465 e. The minimum absolute atomic E-state index is 0.0234. The van der Waals surface area contributed by atoms with Gasteiger partial charge in [0.05, 0.1) is 38.9 Å². The van der Waals surface area contributed by atoms with Crippen LogP contribution in [0.5, 0.6) is 0 Å². The summed E-state index contributed by atoms with van der Waals surface area (Å²) in [6, 6.07) is 1.45. The molecule has 8 nitrogen and oxygen atoms in total. The number of likely N-dealkylation sites (N-methyl/N-ethyl adjacent to an activating group) is 1. The number of alkyl halides is 1. The predicted molar refractivity (Wildman–Crippen MR) is 152 cm³/mol. The van der Waals surface area contributed by atoms with Gasteiger partial charge in [0.1, 0.15) is 18.5 Å². The Morgan fingerprint density at radius 1 is 1.26 bits per heavy atom. The smallest absolute Gasteiger partial charge is 0.411 e. The van der Waals surface area contributed by atoms with Crippen molar-refractivity contribution in [3.8, 4) is 0 Å². The van der Waals surface area contributed by atoms with Crippen molar-refractivity contribution >= 4 is 59.1 Å². The molecular formula is C26H35ClF3N5O3Si. The molecule has 1 aliphatic rings. The van der Waals surface area contributed by atoms with E-state index in [4.69, 9.17) is 16.3 Å². The van der Waals surface area contributed by atoms with Crippen LogP contribution in [0.15, 0.2) is 12.3 Å². The van der Waals surface area contributed by atoms with E-state index >= 15 is 8.78 Å². The molecule has 1 amide bonds.